The molecule has 2 unspecified atom stereocenters. The molecule has 0 radical (unpaired) electrons. The molecule has 0 aromatic heterocycles. The van der Waals surface area contributed by atoms with Gasteiger partial charge < -0.3 is 4.74 Å². The minimum Gasteiger partial charge on any atom is -0.373 e. The molecule has 1 fully saturated rings. The van der Waals surface area contributed by atoms with Crippen molar-refractivity contribution < 1.29 is 9.13 Å². The Balaban J connectivity index is 2.36. The van der Waals surface area contributed by atoms with Gasteiger partial charge in [-0.25, -0.2) is 4.39 Å². The van der Waals surface area contributed by atoms with Crippen LogP contribution in [-0.4, -0.2) is 12.2 Å². The molecular formula is C12H12BrCl2FO. The third-order valence-corrected chi connectivity index (χ3v) is 4.99. The number of halogens is 4. The van der Waals surface area contributed by atoms with Gasteiger partial charge in [-0.05, 0) is 47.8 Å². The Morgan fingerprint density at radius 2 is 2.24 bits per heavy atom. The van der Waals surface area contributed by atoms with Crippen LogP contribution >= 0.6 is 39.1 Å². The van der Waals surface area contributed by atoms with Crippen LogP contribution in [0, 0.1) is 5.82 Å². The van der Waals surface area contributed by atoms with E-state index in [0.29, 0.717) is 21.7 Å². The molecule has 1 aliphatic heterocycles. The molecule has 1 heterocycles. The average molecular weight is 342 g/mol. The number of alkyl halides is 1. The molecule has 2 atom stereocenters. The van der Waals surface area contributed by atoms with Crippen LogP contribution in [0.4, 0.5) is 4.39 Å². The Hall–Kier alpha value is 0.170. The lowest BCUT2D eigenvalue weighted by Crippen LogP contribution is -2.29. The van der Waals surface area contributed by atoms with Crippen molar-refractivity contribution in [3.63, 3.8) is 0 Å². The van der Waals surface area contributed by atoms with Gasteiger partial charge in [-0.2, -0.15) is 0 Å². The summed E-state index contributed by atoms with van der Waals surface area (Å²) in [7, 11) is 0. The first kappa shape index (κ1) is 13.6. The summed E-state index contributed by atoms with van der Waals surface area (Å²) in [6, 6.07) is 2.90. The topological polar surface area (TPSA) is 9.23 Å². The highest BCUT2D eigenvalue weighted by molar-refractivity contribution is 9.10. The van der Waals surface area contributed by atoms with Crippen molar-refractivity contribution in [2.45, 2.75) is 30.7 Å². The monoisotopic (exact) mass is 340 g/mol. The van der Waals surface area contributed by atoms with Gasteiger partial charge in [-0.15, -0.1) is 11.6 Å². The third-order valence-electron chi connectivity index (χ3n) is 3.10. The quantitative estimate of drug-likeness (QED) is 0.537. The summed E-state index contributed by atoms with van der Waals surface area (Å²) in [6.45, 7) is 2.58. The molecule has 0 N–H and O–H groups in total. The molecule has 0 saturated carbocycles. The zero-order chi connectivity index (χ0) is 12.6. The molecule has 0 amide bonds. The zero-order valence-corrected chi connectivity index (χ0v) is 12.4. The molecule has 17 heavy (non-hydrogen) atoms. The van der Waals surface area contributed by atoms with Crippen molar-refractivity contribution >= 4 is 39.1 Å². The van der Waals surface area contributed by atoms with Crippen molar-refractivity contribution in [3.05, 3.63) is 33.0 Å². The molecule has 0 aliphatic carbocycles. The predicted molar refractivity (Wildman–Crippen MR) is 71.3 cm³/mol. The fourth-order valence-electron chi connectivity index (χ4n) is 2.06. The van der Waals surface area contributed by atoms with Gasteiger partial charge in [0.2, 0.25) is 0 Å². The Morgan fingerprint density at radius 1 is 1.53 bits per heavy atom. The van der Waals surface area contributed by atoms with Crippen LogP contribution in [0.15, 0.2) is 16.6 Å². The second-order valence-electron chi connectivity index (χ2n) is 4.42. The van der Waals surface area contributed by atoms with E-state index in [1.165, 1.54) is 6.07 Å². The van der Waals surface area contributed by atoms with Gasteiger partial charge in [-0.1, -0.05) is 11.6 Å². The summed E-state index contributed by atoms with van der Waals surface area (Å²) in [6.07, 6.45) is 1.78. The van der Waals surface area contributed by atoms with Gasteiger partial charge in [0.05, 0.1) is 16.0 Å². The number of rotatable bonds is 2. The first-order valence-corrected chi connectivity index (χ1v) is 6.97. The van der Waals surface area contributed by atoms with E-state index >= 15 is 0 Å². The molecule has 0 spiro atoms. The Morgan fingerprint density at radius 3 is 2.82 bits per heavy atom. The van der Waals surface area contributed by atoms with Gasteiger partial charge in [0.1, 0.15) is 5.82 Å². The highest BCUT2D eigenvalue weighted by Crippen LogP contribution is 2.43. The normalized spacial score (nSPS) is 26.2. The summed E-state index contributed by atoms with van der Waals surface area (Å²) in [5.74, 6) is -0.363. The van der Waals surface area contributed by atoms with E-state index in [-0.39, 0.29) is 5.82 Å². The summed E-state index contributed by atoms with van der Waals surface area (Å²) < 4.78 is 20.0. The molecule has 1 aromatic rings. The van der Waals surface area contributed by atoms with Crippen LogP contribution in [0.1, 0.15) is 30.7 Å². The molecular weight excluding hydrogens is 330 g/mol. The first-order chi connectivity index (χ1) is 7.94. The Bertz CT molecular complexity index is 433. The van der Waals surface area contributed by atoms with Gasteiger partial charge in [0, 0.05) is 16.6 Å². The standard InChI is InChI=1S/C12H12BrCl2FO/c1-12(3-2-4-17-12)11(15)7-5-9(14)8(13)6-10(7)16/h5-6,11H,2-4H2,1H3. The van der Waals surface area contributed by atoms with Crippen molar-refractivity contribution in [1.82, 2.24) is 0 Å². The van der Waals surface area contributed by atoms with E-state index in [1.807, 2.05) is 6.92 Å². The minimum absolute atomic E-state index is 0.363. The van der Waals surface area contributed by atoms with Gasteiger partial charge in [-0.3, -0.25) is 0 Å². The fourth-order valence-corrected chi connectivity index (χ4v) is 2.89. The molecule has 2 rings (SSSR count). The average Bonchev–Trinajstić information content (AvgIpc) is 2.71. The van der Waals surface area contributed by atoms with Crippen molar-refractivity contribution in [2.24, 2.45) is 0 Å². The molecule has 1 saturated heterocycles. The van der Waals surface area contributed by atoms with E-state index in [1.54, 1.807) is 6.07 Å². The summed E-state index contributed by atoms with van der Waals surface area (Å²) in [5, 5.41) is -0.0794. The van der Waals surface area contributed by atoms with Crippen LogP contribution in [0.3, 0.4) is 0 Å². The maximum absolute atomic E-state index is 13.9. The van der Waals surface area contributed by atoms with E-state index in [4.69, 9.17) is 27.9 Å². The fraction of sp³-hybridized carbons (Fsp3) is 0.500. The number of benzene rings is 1. The summed E-state index contributed by atoms with van der Waals surface area (Å²) in [5.41, 5.74) is -0.121. The Kier molecular flexibility index (Phi) is 4.03. The maximum atomic E-state index is 13.9. The lowest BCUT2D eigenvalue weighted by atomic mass is 9.93. The summed E-state index contributed by atoms with van der Waals surface area (Å²) >= 11 is 15.5. The predicted octanol–water partition coefficient (Wildman–Crippen LogP) is 5.09. The molecule has 5 heteroatoms. The van der Waals surface area contributed by atoms with Crippen LogP contribution in [-0.2, 0) is 4.74 Å². The van der Waals surface area contributed by atoms with Gasteiger partial charge >= 0.3 is 0 Å². The zero-order valence-electron chi connectivity index (χ0n) is 9.27. The van der Waals surface area contributed by atoms with Crippen LogP contribution in [0.25, 0.3) is 0 Å². The number of hydrogen-bond acceptors (Lipinski definition) is 1. The van der Waals surface area contributed by atoms with E-state index in [0.717, 1.165) is 12.8 Å². The van der Waals surface area contributed by atoms with Gasteiger partial charge in [0.25, 0.3) is 0 Å². The highest BCUT2D eigenvalue weighted by Gasteiger charge is 2.39. The molecule has 94 valence electrons. The molecule has 1 nitrogen and oxygen atoms in total. The second-order valence-corrected chi connectivity index (χ2v) is 6.11. The highest BCUT2D eigenvalue weighted by atomic mass is 79.9. The molecule has 1 aliphatic rings. The lowest BCUT2D eigenvalue weighted by molar-refractivity contribution is 0.0157. The first-order valence-electron chi connectivity index (χ1n) is 5.36. The van der Waals surface area contributed by atoms with Crippen LogP contribution < -0.4 is 0 Å². The maximum Gasteiger partial charge on any atom is 0.129 e. The van der Waals surface area contributed by atoms with E-state index < -0.39 is 11.0 Å². The van der Waals surface area contributed by atoms with Crippen molar-refractivity contribution in [1.29, 1.82) is 0 Å². The van der Waals surface area contributed by atoms with Crippen LogP contribution in [0.5, 0.6) is 0 Å². The smallest absolute Gasteiger partial charge is 0.129 e. The van der Waals surface area contributed by atoms with Crippen molar-refractivity contribution in [3.8, 4) is 0 Å². The Labute approximate surface area is 118 Å². The largest absolute Gasteiger partial charge is 0.373 e. The second kappa shape index (κ2) is 5.04. The van der Waals surface area contributed by atoms with Crippen LogP contribution in [0.2, 0.25) is 5.02 Å². The number of hydrogen-bond donors (Lipinski definition) is 0. The summed E-state index contributed by atoms with van der Waals surface area (Å²) in [4.78, 5) is 0. The van der Waals surface area contributed by atoms with E-state index in [9.17, 15) is 4.39 Å². The number of ether oxygens (including phenoxy) is 1. The minimum atomic E-state index is -0.532. The third kappa shape index (κ3) is 2.62. The molecule has 0 bridgehead atoms. The lowest BCUT2D eigenvalue weighted by Gasteiger charge is -2.29. The van der Waals surface area contributed by atoms with Gasteiger partial charge in [0.15, 0.2) is 0 Å². The van der Waals surface area contributed by atoms with E-state index in [2.05, 4.69) is 15.9 Å². The SMILES string of the molecule is CC1(C(Cl)c2cc(Cl)c(Br)cc2F)CCCO1. The van der Waals surface area contributed by atoms with Crippen molar-refractivity contribution in [2.75, 3.05) is 6.61 Å². The molecule has 1 aromatic carbocycles.